The number of benzene rings is 16. The number of aromatic nitrogens is 8. The predicted octanol–water partition coefficient (Wildman–Crippen LogP) is 33.0. The maximum Gasteiger partial charge on any atom is 0.231 e. The van der Waals surface area contributed by atoms with Gasteiger partial charge in [-0.15, -0.1) is 34.0 Å². The smallest absolute Gasteiger partial charge is 0.231 e. The number of rotatable bonds is 6. The molecule has 15 heteroatoms. The minimum atomic E-state index is -0.357. The van der Waals surface area contributed by atoms with Crippen LogP contribution in [0.25, 0.3) is 261 Å². The third kappa shape index (κ3) is 11.3. The van der Waals surface area contributed by atoms with Crippen LogP contribution in [0.1, 0.15) is 74.9 Å². The van der Waals surface area contributed by atoms with E-state index in [1.54, 1.807) is 34.0 Å². The van der Waals surface area contributed by atoms with Gasteiger partial charge in [-0.05, 0) is 169 Å². The lowest BCUT2D eigenvalue weighted by atomic mass is 9.79. The molecule has 0 amide bonds. The molecular weight excluding hydrogens is 1700 g/mol. The molecule has 30 rings (SSSR count). The third-order valence-electron chi connectivity index (χ3n) is 28.3. The minimum absolute atomic E-state index is 0.142. The summed E-state index contributed by atoms with van der Waals surface area (Å²) in [7, 11) is 0. The summed E-state index contributed by atoms with van der Waals surface area (Å²) in [4.78, 5) is 44.2. The number of thiophene rings is 3. The van der Waals surface area contributed by atoms with Crippen molar-refractivity contribution in [1.82, 2.24) is 39.9 Å². The van der Waals surface area contributed by atoms with Gasteiger partial charge < -0.3 is 17.7 Å². The van der Waals surface area contributed by atoms with Gasteiger partial charge in [0, 0.05) is 140 Å². The Kier molecular flexibility index (Phi) is 16.3. The maximum atomic E-state index is 6.65. The largest absolute Gasteiger partial charge is 0.456 e. The van der Waals surface area contributed by atoms with E-state index in [4.69, 9.17) is 57.5 Å². The van der Waals surface area contributed by atoms with Gasteiger partial charge in [-0.25, -0.2) is 34.9 Å². The summed E-state index contributed by atoms with van der Waals surface area (Å²) in [5.74, 6) is 2.63. The molecule has 3 aliphatic rings. The molecule has 134 heavy (non-hydrogen) atoms. The monoisotopic (exact) mass is 1770 g/mol. The zero-order valence-corrected chi connectivity index (χ0v) is 75.7. The summed E-state index contributed by atoms with van der Waals surface area (Å²) in [6.07, 6.45) is 1.88. The number of para-hydroxylation sites is 3. The summed E-state index contributed by atoms with van der Waals surface area (Å²) in [5, 5.41) is 17.7. The van der Waals surface area contributed by atoms with Gasteiger partial charge in [0.15, 0.2) is 23.3 Å². The first-order valence-corrected chi connectivity index (χ1v) is 47.7. The molecule has 0 spiro atoms. The normalized spacial score (nSPS) is 13.8. The first-order chi connectivity index (χ1) is 65.6. The van der Waals surface area contributed by atoms with E-state index in [-0.39, 0.29) is 16.2 Å². The van der Waals surface area contributed by atoms with Crippen LogP contribution in [0.15, 0.2) is 358 Å². The molecule has 16 aromatic carbocycles. The highest BCUT2D eigenvalue weighted by Gasteiger charge is 2.44. The first-order valence-electron chi connectivity index (χ1n) is 45.2. The van der Waals surface area contributed by atoms with Crippen LogP contribution in [0.3, 0.4) is 0 Å². The number of nitrogens with zero attached hydrogens (tertiary/aromatic N) is 8. The molecular formula is C119H74N8O4S3. The van der Waals surface area contributed by atoms with E-state index in [0.717, 1.165) is 174 Å². The zero-order chi connectivity index (χ0) is 88.9. The summed E-state index contributed by atoms with van der Waals surface area (Å²) in [5.41, 5.74) is 28.8. The third-order valence-corrected chi connectivity index (χ3v) is 31.6. The maximum absolute atomic E-state index is 6.65. The molecule has 632 valence electrons. The van der Waals surface area contributed by atoms with Crippen molar-refractivity contribution in [3.8, 4) is 101 Å². The van der Waals surface area contributed by atoms with Crippen molar-refractivity contribution < 1.29 is 17.7 Å². The van der Waals surface area contributed by atoms with Crippen LogP contribution in [-0.4, -0.2) is 39.9 Å². The molecule has 0 bridgehead atoms. The molecule has 0 fully saturated rings. The standard InChI is InChI=1S/C41H26N2O2.C39H24N4OS.C39H24N2OS2/c1-41(2)35-27(28-20-21-29-26-12-5-7-16-32(26)44-38(29)36(28)41)14-9-15-31(35)39-42-37(25-19-18-23-10-3-4-11-24(23)22-25)34-30-13-6-8-17-33(30)45-40(34)43-39;1-39(2)28-12-6-4-10-23(28)24-16-17-25-27-19-21(15-18-30(27)44-35(25)33(24)39)36-42-34(37-40-20-22-9-3-7-13-29(22)41-37)32-26-11-5-8-14-31(26)45-38(32)43-36;1-39(2)28-12-6-4-10-23(28)24-16-17-25-27-19-22(15-18-29(27)42-36(25)34(24)39)37-40-35(32-20-21-9-3-7-13-30(21)43-32)33-26-11-5-8-14-31(26)44-38(33)41-37/h3-22H,1-2H3;3-20H,1-2H3;3-20H,1-2H3. The molecule has 0 N–H and O–H groups in total. The Morgan fingerprint density at radius 3 is 1.34 bits per heavy atom. The second-order valence-corrected chi connectivity index (χ2v) is 40.1. The summed E-state index contributed by atoms with van der Waals surface area (Å²) >= 11 is 5.20. The average molecular weight is 1780 g/mol. The summed E-state index contributed by atoms with van der Waals surface area (Å²) in [6, 6.07) is 117. The molecule has 0 atom stereocenters. The Morgan fingerprint density at radius 1 is 0.246 bits per heavy atom. The SMILES string of the molecule is CC1(C)c2c(-c3nc(-c4ccc5ccccc5c4)c4c(n3)oc3ccccc34)cccc2-c2ccc3c(oc4ccccc43)c21.CC1(C)c2ccccc2-c2ccc3c(oc4ccc(-c5nc(-c6cc7ccccc7s6)c6c(n5)sc5ccccc56)cc43)c21.CC1(C)c2ccccc2-c2ccc3c(oc4ccc(-c5nc(-c6ncc7ccccc7n6)c6c(n5)sc5ccccc56)cc43)c21. The number of fused-ring (bicyclic) bond motifs is 33. The fourth-order valence-electron chi connectivity index (χ4n) is 22.2. The van der Waals surface area contributed by atoms with E-state index in [0.29, 0.717) is 23.2 Å². The van der Waals surface area contributed by atoms with Crippen molar-refractivity contribution >= 4 is 194 Å². The molecule has 0 aliphatic heterocycles. The Morgan fingerprint density at radius 2 is 0.709 bits per heavy atom. The lowest BCUT2D eigenvalue weighted by Crippen LogP contribution is -2.17. The Bertz CT molecular complexity index is 9790. The van der Waals surface area contributed by atoms with Gasteiger partial charge in [0.05, 0.1) is 27.2 Å². The molecule has 0 unspecified atom stereocenters. The molecule has 11 heterocycles. The van der Waals surface area contributed by atoms with E-state index in [2.05, 4.69) is 321 Å². The number of furan rings is 4. The Hall–Kier alpha value is -16.0. The molecule has 0 saturated carbocycles. The first kappa shape index (κ1) is 76.8. The molecule has 0 radical (unpaired) electrons. The van der Waals surface area contributed by atoms with Gasteiger partial charge >= 0.3 is 0 Å². The van der Waals surface area contributed by atoms with Gasteiger partial charge in [-0.3, -0.25) is 0 Å². The molecule has 0 saturated heterocycles. The van der Waals surface area contributed by atoms with Crippen LogP contribution in [0.4, 0.5) is 0 Å². The highest BCUT2D eigenvalue weighted by molar-refractivity contribution is 7.26. The van der Waals surface area contributed by atoms with Crippen molar-refractivity contribution in [2.24, 2.45) is 0 Å². The van der Waals surface area contributed by atoms with E-state index in [1.165, 1.54) is 97.7 Å². The Labute approximate surface area is 777 Å². The van der Waals surface area contributed by atoms with Crippen LogP contribution in [0.2, 0.25) is 0 Å². The van der Waals surface area contributed by atoms with Crippen molar-refractivity contribution in [3.05, 3.63) is 373 Å². The van der Waals surface area contributed by atoms with Gasteiger partial charge in [0.1, 0.15) is 54.4 Å². The summed E-state index contributed by atoms with van der Waals surface area (Å²) < 4.78 is 29.9. The topological polar surface area (TPSA) is 156 Å². The average Bonchev–Trinajstić information content (AvgIpc) is 1.56. The fourth-order valence-corrected chi connectivity index (χ4v) is 25.4. The Balaban J connectivity index is 0.000000100. The molecule has 3 aliphatic carbocycles. The zero-order valence-electron chi connectivity index (χ0n) is 73.3. The summed E-state index contributed by atoms with van der Waals surface area (Å²) in [6.45, 7) is 13.8. The number of hydrogen-bond acceptors (Lipinski definition) is 15. The molecule has 27 aromatic rings. The van der Waals surface area contributed by atoms with Crippen molar-refractivity contribution in [1.29, 1.82) is 0 Å². The predicted molar refractivity (Wildman–Crippen MR) is 552 cm³/mol. The molecule has 12 nitrogen and oxygen atoms in total. The van der Waals surface area contributed by atoms with Crippen LogP contribution < -0.4 is 0 Å². The highest BCUT2D eigenvalue weighted by Crippen LogP contribution is 2.59. The lowest BCUT2D eigenvalue weighted by molar-refractivity contribution is 0.619. The van der Waals surface area contributed by atoms with Crippen LogP contribution in [-0.2, 0) is 16.2 Å². The van der Waals surface area contributed by atoms with Gasteiger partial charge in [0.25, 0.3) is 0 Å². The second kappa shape index (κ2) is 28.5. The van der Waals surface area contributed by atoms with Gasteiger partial charge in [-0.2, -0.15) is 4.98 Å². The van der Waals surface area contributed by atoms with Crippen LogP contribution in [0, 0.1) is 0 Å². The molecule has 11 aromatic heterocycles. The minimum Gasteiger partial charge on any atom is -0.456 e. The van der Waals surface area contributed by atoms with Crippen LogP contribution >= 0.6 is 34.0 Å². The fraction of sp³-hybridized carbons (Fsp3) is 0.0756. The second-order valence-electron chi connectivity index (χ2n) is 37.0. The van der Waals surface area contributed by atoms with Crippen molar-refractivity contribution in [2.75, 3.05) is 0 Å². The van der Waals surface area contributed by atoms with E-state index >= 15 is 0 Å². The lowest BCUT2D eigenvalue weighted by Gasteiger charge is -2.24. The quantitative estimate of drug-likeness (QED) is 0.156. The van der Waals surface area contributed by atoms with E-state index in [1.807, 2.05) is 60.8 Å². The van der Waals surface area contributed by atoms with E-state index in [9.17, 15) is 0 Å². The number of hydrogen-bond donors (Lipinski definition) is 0. The van der Waals surface area contributed by atoms with Crippen molar-refractivity contribution in [2.45, 2.75) is 57.8 Å². The van der Waals surface area contributed by atoms with E-state index < -0.39 is 0 Å². The van der Waals surface area contributed by atoms with Crippen LogP contribution in [0.5, 0.6) is 0 Å². The van der Waals surface area contributed by atoms with Gasteiger partial charge in [-0.1, -0.05) is 272 Å². The van der Waals surface area contributed by atoms with Crippen molar-refractivity contribution in [3.63, 3.8) is 0 Å². The van der Waals surface area contributed by atoms with Gasteiger partial charge in [0.2, 0.25) is 5.71 Å². The highest BCUT2D eigenvalue weighted by atomic mass is 32.1.